The summed E-state index contributed by atoms with van der Waals surface area (Å²) in [4.78, 5) is 11.2. The molecule has 0 bridgehead atoms. The molecule has 0 heterocycles. The van der Waals surface area contributed by atoms with Gasteiger partial charge in [-0.2, -0.15) is 0 Å². The van der Waals surface area contributed by atoms with Gasteiger partial charge in [0, 0.05) is 11.7 Å². The highest BCUT2D eigenvalue weighted by atomic mass is 16.4. The van der Waals surface area contributed by atoms with Gasteiger partial charge in [-0.3, -0.25) is 0 Å². The Hall–Kier alpha value is -1.71. The van der Waals surface area contributed by atoms with Crippen LogP contribution in [-0.4, -0.2) is 17.1 Å². The maximum Gasteiger partial charge on any atom is 0.337 e. The predicted octanol–water partition coefficient (Wildman–Crippen LogP) is 3.20. The molecule has 0 spiro atoms. The summed E-state index contributed by atoms with van der Waals surface area (Å²) in [6.07, 6.45) is 3.52. The van der Waals surface area contributed by atoms with Gasteiger partial charge in [0.1, 0.15) is 0 Å². The Labute approximate surface area is 114 Å². The Morgan fingerprint density at radius 2 is 2.11 bits per heavy atom. The number of carbonyl (C=O) groups is 1. The van der Waals surface area contributed by atoms with Crippen LogP contribution in [0, 0.1) is 11.8 Å². The Morgan fingerprint density at radius 3 is 2.79 bits per heavy atom. The fraction of sp³-hybridized carbons (Fsp3) is 0.533. The molecule has 3 atom stereocenters. The van der Waals surface area contributed by atoms with Gasteiger partial charge < -0.3 is 16.2 Å². The van der Waals surface area contributed by atoms with Crippen molar-refractivity contribution in [1.82, 2.24) is 0 Å². The normalized spacial score (nSPS) is 26.9. The molecule has 0 aliphatic heterocycles. The first kappa shape index (κ1) is 13.7. The number of hydrogen-bond donors (Lipinski definition) is 3. The number of hydrogen-bond acceptors (Lipinski definition) is 3. The third-order valence-electron chi connectivity index (χ3n) is 4.32. The van der Waals surface area contributed by atoms with E-state index in [0.29, 0.717) is 34.8 Å². The molecule has 19 heavy (non-hydrogen) atoms. The molecule has 0 radical (unpaired) electrons. The van der Waals surface area contributed by atoms with E-state index in [1.165, 1.54) is 12.8 Å². The van der Waals surface area contributed by atoms with Crippen molar-refractivity contribution in [3.05, 3.63) is 23.8 Å². The summed E-state index contributed by atoms with van der Waals surface area (Å²) in [5.74, 6) is 0.288. The lowest BCUT2D eigenvalue weighted by Gasteiger charge is -2.35. The lowest BCUT2D eigenvalue weighted by molar-refractivity contribution is 0.0698. The zero-order chi connectivity index (χ0) is 14.0. The van der Waals surface area contributed by atoms with E-state index in [1.54, 1.807) is 18.2 Å². The number of benzene rings is 1. The number of nitrogen functional groups attached to an aromatic ring is 1. The summed E-state index contributed by atoms with van der Waals surface area (Å²) in [6, 6.07) is 5.23. The molecule has 1 saturated carbocycles. The van der Waals surface area contributed by atoms with Crippen molar-refractivity contribution >= 4 is 17.3 Å². The van der Waals surface area contributed by atoms with Crippen molar-refractivity contribution in [3.8, 4) is 0 Å². The molecule has 3 unspecified atom stereocenters. The second kappa shape index (κ2) is 5.51. The SMILES string of the molecule is CC1CCCC(Nc2cc(N)ccc2C(=O)O)C1C. The number of carboxylic acids is 1. The van der Waals surface area contributed by atoms with Crippen LogP contribution in [0.3, 0.4) is 0 Å². The van der Waals surface area contributed by atoms with Crippen LogP contribution in [0.1, 0.15) is 43.5 Å². The van der Waals surface area contributed by atoms with Gasteiger partial charge in [0.2, 0.25) is 0 Å². The molecule has 1 fully saturated rings. The van der Waals surface area contributed by atoms with Crippen LogP contribution in [0.2, 0.25) is 0 Å². The summed E-state index contributed by atoms with van der Waals surface area (Å²) in [5.41, 5.74) is 7.28. The standard InChI is InChI=1S/C15H22N2O2/c1-9-4-3-5-13(10(9)2)17-14-8-11(16)6-7-12(14)15(18)19/h6-10,13,17H,3-5,16H2,1-2H3,(H,18,19). The molecule has 4 heteroatoms. The highest BCUT2D eigenvalue weighted by Gasteiger charge is 2.27. The zero-order valence-corrected chi connectivity index (χ0v) is 11.5. The summed E-state index contributed by atoms with van der Waals surface area (Å²) in [7, 11) is 0. The lowest BCUT2D eigenvalue weighted by atomic mass is 9.78. The van der Waals surface area contributed by atoms with Gasteiger partial charge in [-0.25, -0.2) is 4.79 Å². The van der Waals surface area contributed by atoms with E-state index in [-0.39, 0.29) is 0 Å². The second-order valence-corrected chi connectivity index (χ2v) is 5.63. The quantitative estimate of drug-likeness (QED) is 0.731. The van der Waals surface area contributed by atoms with Crippen molar-refractivity contribution in [1.29, 1.82) is 0 Å². The van der Waals surface area contributed by atoms with Gasteiger partial charge in [0.25, 0.3) is 0 Å². The lowest BCUT2D eigenvalue weighted by Crippen LogP contribution is -2.35. The number of carboxylic acid groups (broad SMARTS) is 1. The van der Waals surface area contributed by atoms with Crippen LogP contribution in [0.4, 0.5) is 11.4 Å². The topological polar surface area (TPSA) is 75.3 Å². The molecule has 4 N–H and O–H groups in total. The van der Waals surface area contributed by atoms with E-state index in [4.69, 9.17) is 5.73 Å². The Kier molecular flexibility index (Phi) is 3.98. The number of rotatable bonds is 3. The van der Waals surface area contributed by atoms with Crippen molar-refractivity contribution in [2.75, 3.05) is 11.1 Å². The second-order valence-electron chi connectivity index (χ2n) is 5.63. The maximum absolute atomic E-state index is 11.2. The molecule has 4 nitrogen and oxygen atoms in total. The van der Waals surface area contributed by atoms with Crippen molar-refractivity contribution < 1.29 is 9.90 Å². The Bertz CT molecular complexity index is 473. The first-order chi connectivity index (χ1) is 8.99. The third-order valence-corrected chi connectivity index (χ3v) is 4.32. The van der Waals surface area contributed by atoms with Crippen molar-refractivity contribution in [3.63, 3.8) is 0 Å². The van der Waals surface area contributed by atoms with E-state index in [9.17, 15) is 9.90 Å². The van der Waals surface area contributed by atoms with Crippen LogP contribution in [0.15, 0.2) is 18.2 Å². The Morgan fingerprint density at radius 1 is 1.37 bits per heavy atom. The van der Waals surface area contributed by atoms with E-state index < -0.39 is 5.97 Å². The average molecular weight is 262 g/mol. The summed E-state index contributed by atoms with van der Waals surface area (Å²) >= 11 is 0. The van der Waals surface area contributed by atoms with Gasteiger partial charge >= 0.3 is 5.97 Å². The summed E-state index contributed by atoms with van der Waals surface area (Å²) < 4.78 is 0. The molecule has 0 aromatic heterocycles. The van der Waals surface area contributed by atoms with Gasteiger partial charge in [-0.05, 0) is 36.5 Å². The molecular weight excluding hydrogens is 240 g/mol. The molecule has 0 saturated heterocycles. The monoisotopic (exact) mass is 262 g/mol. The number of aromatic carboxylic acids is 1. The molecule has 1 aromatic rings. The van der Waals surface area contributed by atoms with Crippen molar-refractivity contribution in [2.45, 2.75) is 39.2 Å². The highest BCUT2D eigenvalue weighted by Crippen LogP contribution is 2.32. The van der Waals surface area contributed by atoms with E-state index in [1.807, 2.05) is 0 Å². The minimum Gasteiger partial charge on any atom is -0.478 e. The van der Waals surface area contributed by atoms with Gasteiger partial charge in [0.05, 0.1) is 11.3 Å². The average Bonchev–Trinajstić information content (AvgIpc) is 2.35. The van der Waals surface area contributed by atoms with Crippen LogP contribution in [-0.2, 0) is 0 Å². The smallest absolute Gasteiger partial charge is 0.337 e. The van der Waals surface area contributed by atoms with Gasteiger partial charge in [-0.15, -0.1) is 0 Å². The molecule has 0 amide bonds. The molecular formula is C15H22N2O2. The molecule has 2 rings (SSSR count). The van der Waals surface area contributed by atoms with E-state index in [0.717, 1.165) is 6.42 Å². The van der Waals surface area contributed by atoms with Crippen LogP contribution >= 0.6 is 0 Å². The summed E-state index contributed by atoms with van der Waals surface area (Å²) in [6.45, 7) is 4.49. The van der Waals surface area contributed by atoms with Crippen LogP contribution < -0.4 is 11.1 Å². The number of nitrogens with two attached hydrogens (primary N) is 1. The molecule has 1 aliphatic carbocycles. The highest BCUT2D eigenvalue weighted by molar-refractivity contribution is 5.95. The summed E-state index contributed by atoms with van der Waals surface area (Å²) in [5, 5.41) is 12.6. The van der Waals surface area contributed by atoms with Gasteiger partial charge in [0.15, 0.2) is 0 Å². The van der Waals surface area contributed by atoms with Crippen LogP contribution in [0.5, 0.6) is 0 Å². The van der Waals surface area contributed by atoms with E-state index >= 15 is 0 Å². The Balaban J connectivity index is 2.22. The first-order valence-electron chi connectivity index (χ1n) is 6.88. The fourth-order valence-corrected chi connectivity index (χ4v) is 2.85. The van der Waals surface area contributed by atoms with E-state index in [2.05, 4.69) is 19.2 Å². The molecule has 1 aromatic carbocycles. The van der Waals surface area contributed by atoms with Gasteiger partial charge in [-0.1, -0.05) is 26.7 Å². The molecule has 1 aliphatic rings. The minimum atomic E-state index is -0.918. The van der Waals surface area contributed by atoms with Crippen LogP contribution in [0.25, 0.3) is 0 Å². The largest absolute Gasteiger partial charge is 0.478 e. The zero-order valence-electron chi connectivity index (χ0n) is 11.5. The number of nitrogens with one attached hydrogen (secondary N) is 1. The predicted molar refractivity (Wildman–Crippen MR) is 77.4 cm³/mol. The minimum absolute atomic E-state index is 0.291. The van der Waals surface area contributed by atoms with Crippen molar-refractivity contribution in [2.24, 2.45) is 11.8 Å². The fourth-order valence-electron chi connectivity index (χ4n) is 2.85. The first-order valence-corrected chi connectivity index (χ1v) is 6.88. The maximum atomic E-state index is 11.2. The number of anilines is 2. The third kappa shape index (κ3) is 3.00. The molecule has 104 valence electrons.